The van der Waals surface area contributed by atoms with Gasteiger partial charge in [-0.15, -0.1) is 0 Å². The summed E-state index contributed by atoms with van der Waals surface area (Å²) in [6, 6.07) is 9.84. The van der Waals surface area contributed by atoms with Crippen LogP contribution in [0.4, 0.5) is 15.8 Å². The normalized spacial score (nSPS) is 11.2. The molecule has 20 heavy (non-hydrogen) atoms. The quantitative estimate of drug-likeness (QED) is 0.578. The number of sulfonamides is 1. The molecule has 2 rings (SSSR count). The van der Waals surface area contributed by atoms with E-state index >= 15 is 0 Å². The monoisotopic (exact) mass is 359 g/mol. The molecule has 0 saturated heterocycles. The first-order valence-electron chi connectivity index (χ1n) is 5.47. The summed E-state index contributed by atoms with van der Waals surface area (Å²) in [6.07, 6.45) is 0. The minimum absolute atomic E-state index is 0.00118. The summed E-state index contributed by atoms with van der Waals surface area (Å²) in [5.41, 5.74) is 2.82. The second kappa shape index (κ2) is 5.78. The number of benzene rings is 2. The number of nitrogen functional groups attached to an aromatic ring is 1. The van der Waals surface area contributed by atoms with Gasteiger partial charge in [0.2, 0.25) is 0 Å². The molecular weight excluding hydrogens is 349 g/mol. The van der Waals surface area contributed by atoms with Crippen LogP contribution in [0.15, 0.2) is 51.8 Å². The van der Waals surface area contributed by atoms with Crippen molar-refractivity contribution in [2.75, 3.05) is 10.1 Å². The van der Waals surface area contributed by atoms with Crippen molar-refractivity contribution >= 4 is 37.3 Å². The predicted octanol–water partition coefficient (Wildman–Crippen LogP) is 2.67. The molecule has 0 spiro atoms. The summed E-state index contributed by atoms with van der Waals surface area (Å²) in [5.74, 6) is 4.82. The number of anilines is 2. The highest BCUT2D eigenvalue weighted by atomic mass is 79.9. The molecule has 8 heteroatoms. The van der Waals surface area contributed by atoms with Gasteiger partial charge in [-0.2, -0.15) is 0 Å². The van der Waals surface area contributed by atoms with Gasteiger partial charge in [0.05, 0.1) is 11.4 Å². The molecule has 0 aliphatic carbocycles. The van der Waals surface area contributed by atoms with Gasteiger partial charge in [0.1, 0.15) is 10.7 Å². The van der Waals surface area contributed by atoms with E-state index in [4.69, 9.17) is 5.84 Å². The molecule has 2 aromatic carbocycles. The molecule has 0 aliphatic rings. The van der Waals surface area contributed by atoms with Gasteiger partial charge in [-0.05, 0) is 46.3 Å². The Hall–Kier alpha value is -1.64. The number of halogens is 2. The first kappa shape index (κ1) is 14.8. The van der Waals surface area contributed by atoms with Crippen molar-refractivity contribution in [1.82, 2.24) is 0 Å². The third-order valence-corrected chi connectivity index (χ3v) is 4.59. The summed E-state index contributed by atoms with van der Waals surface area (Å²) < 4.78 is 40.3. The van der Waals surface area contributed by atoms with E-state index in [-0.39, 0.29) is 16.3 Å². The third-order valence-electron chi connectivity index (χ3n) is 2.51. The Bertz CT molecular complexity index is 737. The van der Waals surface area contributed by atoms with Gasteiger partial charge in [-0.3, -0.25) is 10.6 Å². The van der Waals surface area contributed by atoms with Crippen molar-refractivity contribution in [3.8, 4) is 0 Å². The van der Waals surface area contributed by atoms with Crippen LogP contribution in [0.2, 0.25) is 0 Å². The van der Waals surface area contributed by atoms with Crippen molar-refractivity contribution in [2.24, 2.45) is 5.84 Å². The SMILES string of the molecule is NNc1ccccc1S(=O)(=O)Nc1ccc(F)cc1Br. The topological polar surface area (TPSA) is 84.2 Å². The van der Waals surface area contributed by atoms with E-state index in [2.05, 4.69) is 26.1 Å². The molecule has 0 fully saturated rings. The Kier molecular flexibility index (Phi) is 4.26. The molecular formula is C12H11BrFN3O2S. The highest BCUT2D eigenvalue weighted by Gasteiger charge is 2.19. The minimum atomic E-state index is -3.84. The maximum Gasteiger partial charge on any atom is 0.264 e. The largest absolute Gasteiger partial charge is 0.323 e. The Balaban J connectivity index is 2.41. The van der Waals surface area contributed by atoms with Gasteiger partial charge < -0.3 is 5.43 Å². The molecule has 0 saturated carbocycles. The third kappa shape index (κ3) is 3.09. The Morgan fingerprint density at radius 3 is 2.45 bits per heavy atom. The van der Waals surface area contributed by atoms with Crippen molar-refractivity contribution in [2.45, 2.75) is 4.90 Å². The fraction of sp³-hybridized carbons (Fsp3) is 0. The van der Waals surface area contributed by atoms with Crippen molar-refractivity contribution in [3.05, 3.63) is 52.8 Å². The summed E-state index contributed by atoms with van der Waals surface area (Å²) in [5, 5.41) is 0. The van der Waals surface area contributed by atoms with Crippen LogP contribution in [0.25, 0.3) is 0 Å². The zero-order valence-electron chi connectivity index (χ0n) is 10.1. The number of nitrogens with one attached hydrogen (secondary N) is 2. The number of hydrogen-bond acceptors (Lipinski definition) is 4. The van der Waals surface area contributed by atoms with E-state index in [0.29, 0.717) is 4.47 Å². The predicted molar refractivity (Wildman–Crippen MR) is 79.2 cm³/mol. The standard InChI is InChI=1S/C12H11BrFN3O2S/c13-9-7-8(14)5-6-10(9)17-20(18,19)12-4-2-1-3-11(12)16-15/h1-7,16-17H,15H2. The van der Waals surface area contributed by atoms with Crippen LogP contribution in [0.3, 0.4) is 0 Å². The molecule has 0 radical (unpaired) electrons. The average Bonchev–Trinajstić information content (AvgIpc) is 2.42. The molecule has 2 aromatic rings. The van der Waals surface area contributed by atoms with E-state index in [1.54, 1.807) is 12.1 Å². The van der Waals surface area contributed by atoms with Gasteiger partial charge in [0.25, 0.3) is 10.0 Å². The lowest BCUT2D eigenvalue weighted by Gasteiger charge is -2.12. The Morgan fingerprint density at radius 2 is 1.80 bits per heavy atom. The highest BCUT2D eigenvalue weighted by molar-refractivity contribution is 9.10. The fourth-order valence-electron chi connectivity index (χ4n) is 1.59. The van der Waals surface area contributed by atoms with Gasteiger partial charge in [-0.1, -0.05) is 12.1 Å². The zero-order chi connectivity index (χ0) is 14.8. The number of nitrogens with two attached hydrogens (primary N) is 1. The number of hydrazine groups is 1. The summed E-state index contributed by atoms with van der Waals surface area (Å²) in [6.45, 7) is 0. The van der Waals surface area contributed by atoms with Gasteiger partial charge in [0.15, 0.2) is 0 Å². The first-order valence-corrected chi connectivity index (χ1v) is 7.75. The second-order valence-corrected chi connectivity index (χ2v) is 6.38. The van der Waals surface area contributed by atoms with Gasteiger partial charge in [-0.25, -0.2) is 12.8 Å². The van der Waals surface area contributed by atoms with Crippen LogP contribution < -0.4 is 16.0 Å². The molecule has 0 aromatic heterocycles. The maximum absolute atomic E-state index is 13.0. The highest BCUT2D eigenvalue weighted by Crippen LogP contribution is 2.27. The summed E-state index contributed by atoms with van der Waals surface area (Å²) >= 11 is 3.10. The summed E-state index contributed by atoms with van der Waals surface area (Å²) in [4.78, 5) is -0.00118. The van der Waals surface area contributed by atoms with Crippen LogP contribution in [0, 0.1) is 5.82 Å². The second-order valence-electron chi connectivity index (χ2n) is 3.87. The van der Waals surface area contributed by atoms with Crippen LogP contribution in [-0.2, 0) is 10.0 Å². The van der Waals surface area contributed by atoms with Crippen molar-refractivity contribution in [3.63, 3.8) is 0 Å². The van der Waals surface area contributed by atoms with E-state index in [9.17, 15) is 12.8 Å². The fourth-order valence-corrected chi connectivity index (χ4v) is 3.43. The molecule has 4 N–H and O–H groups in total. The lowest BCUT2D eigenvalue weighted by molar-refractivity contribution is 0.601. The minimum Gasteiger partial charge on any atom is -0.323 e. The van der Waals surface area contributed by atoms with Gasteiger partial charge in [0, 0.05) is 4.47 Å². The van der Waals surface area contributed by atoms with Crippen molar-refractivity contribution in [1.29, 1.82) is 0 Å². The molecule has 0 amide bonds. The molecule has 0 aliphatic heterocycles. The van der Waals surface area contributed by atoms with Crippen LogP contribution in [-0.4, -0.2) is 8.42 Å². The Morgan fingerprint density at radius 1 is 1.10 bits per heavy atom. The van der Waals surface area contributed by atoms with Crippen molar-refractivity contribution < 1.29 is 12.8 Å². The number of rotatable bonds is 4. The average molecular weight is 360 g/mol. The number of hydrogen-bond donors (Lipinski definition) is 3. The van der Waals surface area contributed by atoms with E-state index in [0.717, 1.165) is 6.07 Å². The molecule has 106 valence electrons. The number of para-hydroxylation sites is 1. The van der Waals surface area contributed by atoms with E-state index in [1.807, 2.05) is 0 Å². The maximum atomic E-state index is 13.0. The lowest BCUT2D eigenvalue weighted by atomic mass is 10.3. The lowest BCUT2D eigenvalue weighted by Crippen LogP contribution is -2.17. The molecule has 5 nitrogen and oxygen atoms in total. The summed E-state index contributed by atoms with van der Waals surface area (Å²) in [7, 11) is -3.84. The Labute approximate surface area is 124 Å². The smallest absolute Gasteiger partial charge is 0.264 e. The van der Waals surface area contributed by atoms with E-state index in [1.165, 1.54) is 24.3 Å². The van der Waals surface area contributed by atoms with Crippen LogP contribution in [0.5, 0.6) is 0 Å². The molecule has 0 heterocycles. The van der Waals surface area contributed by atoms with Gasteiger partial charge >= 0.3 is 0 Å². The first-order chi connectivity index (χ1) is 9.44. The molecule has 0 bridgehead atoms. The van der Waals surface area contributed by atoms with Crippen LogP contribution >= 0.6 is 15.9 Å². The zero-order valence-corrected chi connectivity index (χ0v) is 12.5. The van der Waals surface area contributed by atoms with E-state index < -0.39 is 15.8 Å². The van der Waals surface area contributed by atoms with Crippen LogP contribution in [0.1, 0.15) is 0 Å². The molecule has 0 unspecified atom stereocenters. The molecule has 0 atom stereocenters.